The molecule has 200 valence electrons. The molecule has 0 aromatic heterocycles. The molecule has 1 saturated heterocycles. The maximum atomic E-state index is 13.1. The van der Waals surface area contributed by atoms with E-state index in [2.05, 4.69) is 5.32 Å². The fourth-order valence-corrected chi connectivity index (χ4v) is 4.48. The minimum absolute atomic E-state index is 0.0339. The molecule has 1 aromatic rings. The van der Waals surface area contributed by atoms with Crippen molar-refractivity contribution >= 4 is 35.5 Å². The maximum absolute atomic E-state index is 13.1. The van der Waals surface area contributed by atoms with Crippen LogP contribution < -0.4 is 5.32 Å². The number of rotatable bonds is 11. The van der Waals surface area contributed by atoms with Crippen molar-refractivity contribution in [3.8, 4) is 0 Å². The number of hydrogen-bond donors (Lipinski definition) is 1. The first-order chi connectivity index (χ1) is 17.6. The monoisotopic (exact) mass is 514 g/mol. The predicted octanol–water partition coefficient (Wildman–Crippen LogP) is 0.826. The highest BCUT2D eigenvalue weighted by atomic mass is 16.5. The summed E-state index contributed by atoms with van der Waals surface area (Å²) in [6.45, 7) is 8.46. The molecule has 2 aliphatic heterocycles. The van der Waals surface area contributed by atoms with Gasteiger partial charge >= 0.3 is 5.97 Å². The Kier molecular flexibility index (Phi) is 9.14. The normalized spacial score (nSPS) is 18.5. The number of esters is 1. The number of carbonyl (C=O) groups excluding carboxylic acids is 6. The minimum Gasteiger partial charge on any atom is -0.462 e. The summed E-state index contributed by atoms with van der Waals surface area (Å²) in [5.74, 6) is -3.51. The largest absolute Gasteiger partial charge is 0.462 e. The second kappa shape index (κ2) is 12.1. The standard InChI is InChI=1S/C26H34N4O7/c1-5-28(6-2)15-20(31)27-22(16(3)4)26(36)37-14-13-29-21(32)12-11-19(25(29)35)30-23(33)17-9-7-8-10-18(17)24(30)34/h7-10,16,19,22H,5-6,11-15H2,1-4H3,(H,27,31)/t19?,22-/m0/s1. The van der Waals surface area contributed by atoms with Crippen LogP contribution in [0.1, 0.15) is 61.3 Å². The third-order valence-electron chi connectivity index (χ3n) is 6.68. The van der Waals surface area contributed by atoms with E-state index in [0.29, 0.717) is 13.1 Å². The van der Waals surface area contributed by atoms with E-state index in [0.717, 1.165) is 9.80 Å². The number of piperidine rings is 1. The number of hydrogen-bond acceptors (Lipinski definition) is 8. The van der Waals surface area contributed by atoms with E-state index >= 15 is 0 Å². The van der Waals surface area contributed by atoms with Crippen molar-refractivity contribution in [2.45, 2.75) is 52.6 Å². The van der Waals surface area contributed by atoms with Gasteiger partial charge in [-0.2, -0.15) is 0 Å². The highest BCUT2D eigenvalue weighted by Gasteiger charge is 2.46. The highest BCUT2D eigenvalue weighted by Crippen LogP contribution is 2.28. The van der Waals surface area contributed by atoms with E-state index in [9.17, 15) is 28.8 Å². The molecule has 1 unspecified atom stereocenters. The summed E-state index contributed by atoms with van der Waals surface area (Å²) in [7, 11) is 0. The molecule has 2 aliphatic rings. The van der Waals surface area contributed by atoms with E-state index in [4.69, 9.17) is 4.74 Å². The molecule has 2 heterocycles. The summed E-state index contributed by atoms with van der Waals surface area (Å²) in [5, 5.41) is 2.70. The van der Waals surface area contributed by atoms with Crippen LogP contribution in [0.5, 0.6) is 0 Å². The quantitative estimate of drug-likeness (QED) is 0.339. The van der Waals surface area contributed by atoms with Crippen molar-refractivity contribution in [3.63, 3.8) is 0 Å². The van der Waals surface area contributed by atoms with Gasteiger partial charge in [0, 0.05) is 6.42 Å². The van der Waals surface area contributed by atoms with Crippen LogP contribution in [0.15, 0.2) is 24.3 Å². The van der Waals surface area contributed by atoms with Gasteiger partial charge in [0.15, 0.2) is 0 Å². The Bertz CT molecular complexity index is 1050. The van der Waals surface area contributed by atoms with Gasteiger partial charge in [-0.1, -0.05) is 39.8 Å². The number of amides is 5. The van der Waals surface area contributed by atoms with Gasteiger partial charge in [0.1, 0.15) is 18.7 Å². The van der Waals surface area contributed by atoms with Crippen LogP contribution in [0.2, 0.25) is 0 Å². The van der Waals surface area contributed by atoms with Crippen LogP contribution in [0.25, 0.3) is 0 Å². The topological polar surface area (TPSA) is 133 Å². The van der Waals surface area contributed by atoms with Crippen molar-refractivity contribution in [2.24, 2.45) is 5.92 Å². The molecule has 5 amide bonds. The molecule has 11 heteroatoms. The molecule has 0 spiro atoms. The zero-order valence-corrected chi connectivity index (χ0v) is 21.7. The van der Waals surface area contributed by atoms with Crippen molar-refractivity contribution in [2.75, 3.05) is 32.8 Å². The molecule has 1 aromatic carbocycles. The molecule has 1 N–H and O–H groups in total. The summed E-state index contributed by atoms with van der Waals surface area (Å²) < 4.78 is 5.32. The Labute approximate surface area is 216 Å². The van der Waals surface area contributed by atoms with E-state index in [1.165, 1.54) is 12.1 Å². The van der Waals surface area contributed by atoms with Gasteiger partial charge in [-0.3, -0.25) is 38.7 Å². The van der Waals surface area contributed by atoms with Gasteiger partial charge in [0.05, 0.1) is 24.2 Å². The fourth-order valence-electron chi connectivity index (χ4n) is 4.48. The van der Waals surface area contributed by atoms with Gasteiger partial charge in [0.25, 0.3) is 17.7 Å². The molecule has 3 rings (SSSR count). The third kappa shape index (κ3) is 6.04. The first kappa shape index (κ1) is 28.0. The molecule has 0 saturated carbocycles. The van der Waals surface area contributed by atoms with Crippen LogP contribution in [-0.2, 0) is 23.9 Å². The van der Waals surface area contributed by atoms with Crippen LogP contribution in [0.4, 0.5) is 0 Å². The lowest BCUT2D eigenvalue weighted by Gasteiger charge is -2.34. The average Bonchev–Trinajstić information content (AvgIpc) is 3.12. The fraction of sp³-hybridized carbons (Fsp3) is 0.538. The molecule has 11 nitrogen and oxygen atoms in total. The zero-order chi connectivity index (χ0) is 27.3. The number of likely N-dealkylation sites (N-methyl/N-ethyl adjacent to an activating group) is 1. The Balaban J connectivity index is 1.60. The average molecular weight is 515 g/mol. The highest BCUT2D eigenvalue weighted by molar-refractivity contribution is 6.23. The number of carbonyl (C=O) groups is 6. The Morgan fingerprint density at radius 1 is 1.05 bits per heavy atom. The van der Waals surface area contributed by atoms with Gasteiger partial charge in [-0.15, -0.1) is 0 Å². The second-order valence-electron chi connectivity index (χ2n) is 9.38. The number of benzene rings is 1. The van der Waals surface area contributed by atoms with E-state index < -0.39 is 41.7 Å². The SMILES string of the molecule is CCN(CC)CC(=O)N[C@H](C(=O)OCCN1C(=O)CCC(N2C(=O)c3ccccc3C2=O)C1=O)C(C)C. The zero-order valence-electron chi connectivity index (χ0n) is 21.7. The van der Waals surface area contributed by atoms with Crippen molar-refractivity contribution < 1.29 is 33.5 Å². The van der Waals surface area contributed by atoms with Gasteiger partial charge in [-0.05, 0) is 37.6 Å². The molecule has 37 heavy (non-hydrogen) atoms. The maximum Gasteiger partial charge on any atom is 0.328 e. The molecular weight excluding hydrogens is 480 g/mol. The number of nitrogens with zero attached hydrogens (tertiary/aromatic N) is 3. The number of fused-ring (bicyclic) bond motifs is 1. The van der Waals surface area contributed by atoms with Crippen molar-refractivity contribution in [1.29, 1.82) is 0 Å². The van der Waals surface area contributed by atoms with Crippen LogP contribution in [-0.4, -0.2) is 95.1 Å². The second-order valence-corrected chi connectivity index (χ2v) is 9.38. The van der Waals surface area contributed by atoms with Gasteiger partial charge in [-0.25, -0.2) is 4.79 Å². The third-order valence-corrected chi connectivity index (χ3v) is 6.68. The summed E-state index contributed by atoms with van der Waals surface area (Å²) in [6.07, 6.45) is 0.00120. The first-order valence-corrected chi connectivity index (χ1v) is 12.6. The molecular formula is C26H34N4O7. The van der Waals surface area contributed by atoms with Gasteiger partial charge in [0.2, 0.25) is 11.8 Å². The molecule has 0 bridgehead atoms. The predicted molar refractivity (Wildman–Crippen MR) is 132 cm³/mol. The number of ether oxygens (including phenoxy) is 1. The van der Waals surface area contributed by atoms with Crippen molar-refractivity contribution in [1.82, 2.24) is 20.0 Å². The number of imide groups is 2. The molecule has 0 aliphatic carbocycles. The smallest absolute Gasteiger partial charge is 0.328 e. The lowest BCUT2D eigenvalue weighted by atomic mass is 10.0. The Hall–Kier alpha value is -3.60. The van der Waals surface area contributed by atoms with Crippen LogP contribution in [0, 0.1) is 5.92 Å². The lowest BCUT2D eigenvalue weighted by molar-refractivity contribution is -0.157. The molecule has 2 atom stereocenters. The Morgan fingerprint density at radius 2 is 1.65 bits per heavy atom. The van der Waals surface area contributed by atoms with Crippen molar-refractivity contribution in [3.05, 3.63) is 35.4 Å². The molecule has 1 fully saturated rings. The van der Waals surface area contributed by atoms with Gasteiger partial charge < -0.3 is 10.1 Å². The van der Waals surface area contributed by atoms with Crippen LogP contribution >= 0.6 is 0 Å². The minimum atomic E-state index is -1.11. The lowest BCUT2D eigenvalue weighted by Crippen LogP contribution is -2.56. The summed E-state index contributed by atoms with van der Waals surface area (Å²) in [5.41, 5.74) is 0.445. The summed E-state index contributed by atoms with van der Waals surface area (Å²) in [4.78, 5) is 80.1. The number of nitrogens with one attached hydrogen (secondary N) is 1. The van der Waals surface area contributed by atoms with E-state index in [1.54, 1.807) is 26.0 Å². The van der Waals surface area contributed by atoms with Crippen LogP contribution in [0.3, 0.4) is 0 Å². The Morgan fingerprint density at radius 3 is 2.19 bits per heavy atom. The summed E-state index contributed by atoms with van der Waals surface area (Å²) >= 11 is 0. The first-order valence-electron chi connectivity index (χ1n) is 12.6. The summed E-state index contributed by atoms with van der Waals surface area (Å²) in [6, 6.07) is 4.33. The van der Waals surface area contributed by atoms with E-state index in [1.807, 2.05) is 18.7 Å². The molecule has 0 radical (unpaired) electrons. The number of likely N-dealkylation sites (tertiary alicyclic amines) is 1. The van der Waals surface area contributed by atoms with E-state index in [-0.39, 0.29) is 55.5 Å².